The molecule has 3 rings (SSSR count). The van der Waals surface area contributed by atoms with Crippen molar-refractivity contribution in [3.05, 3.63) is 29.3 Å². The lowest BCUT2D eigenvalue weighted by atomic mass is 9.96. The van der Waals surface area contributed by atoms with Crippen molar-refractivity contribution in [2.24, 2.45) is 5.92 Å². The van der Waals surface area contributed by atoms with Gasteiger partial charge in [-0.05, 0) is 48.4 Å². The second-order valence-electron chi connectivity index (χ2n) is 5.70. The number of benzene rings is 1. The smallest absolute Gasteiger partial charge is 0.119 e. The van der Waals surface area contributed by atoms with Gasteiger partial charge >= 0.3 is 0 Å². The third-order valence-corrected chi connectivity index (χ3v) is 4.28. The number of ether oxygens (including phenoxy) is 2. The lowest BCUT2D eigenvalue weighted by Crippen LogP contribution is -2.37. The fraction of sp³-hybridized carbons (Fsp3) is 0.625. The fourth-order valence-electron chi connectivity index (χ4n) is 3.19. The van der Waals surface area contributed by atoms with Crippen LogP contribution in [0.2, 0.25) is 0 Å². The van der Waals surface area contributed by atoms with Crippen LogP contribution >= 0.6 is 0 Å². The molecule has 1 fully saturated rings. The van der Waals surface area contributed by atoms with Gasteiger partial charge in [0, 0.05) is 26.2 Å². The summed E-state index contributed by atoms with van der Waals surface area (Å²) >= 11 is 0. The molecule has 0 aliphatic carbocycles. The van der Waals surface area contributed by atoms with Gasteiger partial charge < -0.3 is 9.47 Å². The van der Waals surface area contributed by atoms with Crippen LogP contribution in [0.25, 0.3) is 0 Å². The summed E-state index contributed by atoms with van der Waals surface area (Å²) in [5, 5.41) is 0. The van der Waals surface area contributed by atoms with Crippen molar-refractivity contribution < 1.29 is 9.47 Å². The Morgan fingerprint density at radius 1 is 1.37 bits per heavy atom. The highest BCUT2D eigenvalue weighted by molar-refractivity contribution is 5.37. The van der Waals surface area contributed by atoms with Gasteiger partial charge in [0.2, 0.25) is 0 Å². The molecule has 0 saturated carbocycles. The molecular formula is C16H23NO2. The van der Waals surface area contributed by atoms with E-state index in [-0.39, 0.29) is 0 Å². The summed E-state index contributed by atoms with van der Waals surface area (Å²) in [5.41, 5.74) is 2.92. The van der Waals surface area contributed by atoms with E-state index in [2.05, 4.69) is 23.1 Å². The van der Waals surface area contributed by atoms with Crippen molar-refractivity contribution in [2.75, 3.05) is 33.4 Å². The Labute approximate surface area is 115 Å². The van der Waals surface area contributed by atoms with E-state index < -0.39 is 0 Å². The zero-order valence-corrected chi connectivity index (χ0v) is 11.7. The van der Waals surface area contributed by atoms with Crippen molar-refractivity contribution >= 4 is 0 Å². The first kappa shape index (κ1) is 12.9. The Kier molecular flexibility index (Phi) is 4.04. The van der Waals surface area contributed by atoms with E-state index >= 15 is 0 Å². The summed E-state index contributed by atoms with van der Waals surface area (Å²) in [5.74, 6) is 1.71. The van der Waals surface area contributed by atoms with Crippen LogP contribution in [0.5, 0.6) is 5.75 Å². The Bertz CT molecular complexity index is 427. The van der Waals surface area contributed by atoms with Gasteiger partial charge in [0.25, 0.3) is 0 Å². The Morgan fingerprint density at radius 2 is 2.32 bits per heavy atom. The number of hydrogen-bond acceptors (Lipinski definition) is 3. The number of methoxy groups -OCH3 is 1. The van der Waals surface area contributed by atoms with E-state index in [1.807, 2.05) is 0 Å². The molecule has 2 aliphatic heterocycles. The summed E-state index contributed by atoms with van der Waals surface area (Å²) in [7, 11) is 1.74. The topological polar surface area (TPSA) is 21.7 Å². The van der Waals surface area contributed by atoms with Crippen LogP contribution in [-0.4, -0.2) is 38.3 Å². The molecule has 104 valence electrons. The Hall–Kier alpha value is -1.06. The molecule has 1 unspecified atom stereocenters. The molecule has 0 aromatic heterocycles. The second-order valence-corrected chi connectivity index (χ2v) is 5.70. The van der Waals surface area contributed by atoms with Crippen molar-refractivity contribution in [2.45, 2.75) is 25.8 Å². The molecule has 0 bridgehead atoms. The maximum absolute atomic E-state index is 5.58. The van der Waals surface area contributed by atoms with Crippen molar-refractivity contribution in [1.29, 1.82) is 0 Å². The van der Waals surface area contributed by atoms with Crippen LogP contribution in [0, 0.1) is 5.92 Å². The van der Waals surface area contributed by atoms with Crippen LogP contribution in [0.4, 0.5) is 0 Å². The quantitative estimate of drug-likeness (QED) is 0.834. The second kappa shape index (κ2) is 5.93. The zero-order chi connectivity index (χ0) is 13.1. The highest BCUT2D eigenvalue weighted by Crippen LogP contribution is 2.25. The first-order valence-corrected chi connectivity index (χ1v) is 7.31. The minimum atomic E-state index is 0.730. The molecule has 3 nitrogen and oxygen atoms in total. The van der Waals surface area contributed by atoms with E-state index in [4.69, 9.17) is 9.47 Å². The average Bonchev–Trinajstić information content (AvgIpc) is 2.48. The van der Waals surface area contributed by atoms with Gasteiger partial charge in [0.1, 0.15) is 5.75 Å². The van der Waals surface area contributed by atoms with Crippen LogP contribution < -0.4 is 4.74 Å². The van der Waals surface area contributed by atoms with Gasteiger partial charge in [0.05, 0.1) is 13.7 Å². The minimum absolute atomic E-state index is 0.730. The van der Waals surface area contributed by atoms with Crippen LogP contribution in [0.15, 0.2) is 18.2 Å². The number of fused-ring (bicyclic) bond motifs is 1. The lowest BCUT2D eigenvalue weighted by Gasteiger charge is -2.33. The predicted molar refractivity (Wildman–Crippen MR) is 75.5 cm³/mol. The highest BCUT2D eigenvalue weighted by Gasteiger charge is 2.21. The van der Waals surface area contributed by atoms with Gasteiger partial charge in [-0.3, -0.25) is 4.90 Å². The van der Waals surface area contributed by atoms with Gasteiger partial charge in [0.15, 0.2) is 0 Å². The minimum Gasteiger partial charge on any atom is -0.497 e. The maximum Gasteiger partial charge on any atom is 0.119 e. The molecule has 2 aliphatic rings. The molecule has 0 amide bonds. The Morgan fingerprint density at radius 3 is 3.11 bits per heavy atom. The average molecular weight is 261 g/mol. The zero-order valence-electron chi connectivity index (χ0n) is 11.7. The van der Waals surface area contributed by atoms with Gasteiger partial charge in [-0.2, -0.15) is 0 Å². The van der Waals surface area contributed by atoms with Gasteiger partial charge in [-0.25, -0.2) is 0 Å². The van der Waals surface area contributed by atoms with E-state index in [0.717, 1.165) is 44.4 Å². The SMILES string of the molecule is COc1ccc2c(c1)CCN(CC1CCCOC1)C2. The van der Waals surface area contributed by atoms with E-state index in [0.29, 0.717) is 0 Å². The molecule has 0 N–H and O–H groups in total. The highest BCUT2D eigenvalue weighted by atomic mass is 16.5. The molecule has 1 aromatic carbocycles. The normalized spacial score (nSPS) is 23.9. The maximum atomic E-state index is 5.58. The van der Waals surface area contributed by atoms with E-state index in [1.165, 1.54) is 30.5 Å². The summed E-state index contributed by atoms with van der Waals surface area (Å²) in [4.78, 5) is 2.58. The summed E-state index contributed by atoms with van der Waals surface area (Å²) in [6, 6.07) is 6.49. The molecule has 0 spiro atoms. The molecule has 19 heavy (non-hydrogen) atoms. The summed E-state index contributed by atoms with van der Waals surface area (Å²) in [6.07, 6.45) is 3.69. The third-order valence-electron chi connectivity index (χ3n) is 4.28. The summed E-state index contributed by atoms with van der Waals surface area (Å²) < 4.78 is 10.9. The molecular weight excluding hydrogens is 238 g/mol. The van der Waals surface area contributed by atoms with Crippen molar-refractivity contribution in [1.82, 2.24) is 4.90 Å². The molecule has 2 heterocycles. The monoisotopic (exact) mass is 261 g/mol. The van der Waals surface area contributed by atoms with E-state index in [9.17, 15) is 0 Å². The Balaban J connectivity index is 1.61. The molecule has 3 heteroatoms. The largest absolute Gasteiger partial charge is 0.497 e. The third kappa shape index (κ3) is 3.10. The van der Waals surface area contributed by atoms with Gasteiger partial charge in [-0.15, -0.1) is 0 Å². The van der Waals surface area contributed by atoms with Crippen molar-refractivity contribution in [3.8, 4) is 5.75 Å². The molecule has 0 radical (unpaired) electrons. The first-order chi connectivity index (χ1) is 9.35. The van der Waals surface area contributed by atoms with Crippen LogP contribution in [0.3, 0.4) is 0 Å². The predicted octanol–water partition coefficient (Wildman–Crippen LogP) is 2.48. The van der Waals surface area contributed by atoms with Crippen LogP contribution in [0.1, 0.15) is 24.0 Å². The standard InChI is InChI=1S/C16H23NO2/c1-18-16-5-4-15-11-17(7-6-14(15)9-16)10-13-3-2-8-19-12-13/h4-5,9,13H,2-3,6-8,10-12H2,1H3. The fourth-order valence-corrected chi connectivity index (χ4v) is 3.19. The van der Waals surface area contributed by atoms with E-state index in [1.54, 1.807) is 7.11 Å². The van der Waals surface area contributed by atoms with Crippen molar-refractivity contribution in [3.63, 3.8) is 0 Å². The molecule has 1 atom stereocenters. The summed E-state index contributed by atoms with van der Waals surface area (Å²) in [6.45, 7) is 5.34. The number of hydrogen-bond donors (Lipinski definition) is 0. The lowest BCUT2D eigenvalue weighted by molar-refractivity contribution is 0.0364. The van der Waals surface area contributed by atoms with Gasteiger partial charge in [-0.1, -0.05) is 6.07 Å². The first-order valence-electron chi connectivity index (χ1n) is 7.31. The molecule has 1 saturated heterocycles. The van der Waals surface area contributed by atoms with Crippen LogP contribution in [-0.2, 0) is 17.7 Å². The number of rotatable bonds is 3. The molecule has 1 aromatic rings. The number of nitrogens with zero attached hydrogens (tertiary/aromatic N) is 1.